The van der Waals surface area contributed by atoms with Gasteiger partial charge >= 0.3 is 0 Å². The molecule has 15 heavy (non-hydrogen) atoms. The maximum Gasteiger partial charge on any atom is 0.182 e. The molecule has 0 fully saturated rings. The maximum atomic E-state index is 5.22. The summed E-state index contributed by atoms with van der Waals surface area (Å²) < 4.78 is 2.78. The van der Waals surface area contributed by atoms with Gasteiger partial charge in [-0.3, -0.25) is 4.57 Å². The second-order valence-electron chi connectivity index (χ2n) is 3.59. The number of benzene rings is 1. The van der Waals surface area contributed by atoms with E-state index < -0.39 is 0 Å². The van der Waals surface area contributed by atoms with E-state index in [9.17, 15) is 0 Å². The Morgan fingerprint density at radius 3 is 2.40 bits per heavy atom. The number of H-pyrrole nitrogens is 1. The largest absolute Gasteiger partial charge is 0.337 e. The van der Waals surface area contributed by atoms with Gasteiger partial charge in [0, 0.05) is 17.6 Å². The van der Waals surface area contributed by atoms with Crippen molar-refractivity contribution in [1.82, 2.24) is 9.55 Å². The van der Waals surface area contributed by atoms with Crippen molar-refractivity contribution in [2.24, 2.45) is 0 Å². The number of aryl methyl sites for hydroxylation is 2. The zero-order valence-corrected chi connectivity index (χ0v) is 9.77. The molecule has 0 amide bonds. The van der Waals surface area contributed by atoms with Crippen molar-refractivity contribution in [3.8, 4) is 5.69 Å². The summed E-state index contributed by atoms with van der Waals surface area (Å²) >= 11 is 5.22. The smallest absolute Gasteiger partial charge is 0.182 e. The molecule has 0 radical (unpaired) electrons. The van der Waals surface area contributed by atoms with Crippen LogP contribution in [0.5, 0.6) is 0 Å². The molecule has 1 N–H and O–H groups in total. The first-order valence-corrected chi connectivity index (χ1v) is 5.49. The van der Waals surface area contributed by atoms with Crippen LogP contribution in [0.2, 0.25) is 0 Å². The van der Waals surface area contributed by atoms with E-state index in [0.29, 0.717) is 0 Å². The van der Waals surface area contributed by atoms with E-state index in [1.807, 2.05) is 17.7 Å². The Morgan fingerprint density at radius 2 is 1.93 bits per heavy atom. The first-order chi connectivity index (χ1) is 7.22. The van der Waals surface area contributed by atoms with Gasteiger partial charge in [-0.1, -0.05) is 19.1 Å². The van der Waals surface area contributed by atoms with Crippen LogP contribution in [0.25, 0.3) is 5.69 Å². The fraction of sp³-hybridized carbons (Fsp3) is 0.250. The number of nitrogens with zero attached hydrogens (tertiary/aromatic N) is 1. The van der Waals surface area contributed by atoms with Gasteiger partial charge in [0.05, 0.1) is 0 Å². The van der Waals surface area contributed by atoms with Crippen LogP contribution in [-0.2, 0) is 6.42 Å². The molecule has 2 rings (SSSR count). The predicted molar refractivity (Wildman–Crippen MR) is 65.1 cm³/mol. The molecule has 0 saturated heterocycles. The van der Waals surface area contributed by atoms with E-state index >= 15 is 0 Å². The molecule has 0 aliphatic carbocycles. The van der Waals surface area contributed by atoms with Gasteiger partial charge in [-0.2, -0.15) is 0 Å². The number of rotatable bonds is 2. The summed E-state index contributed by atoms with van der Waals surface area (Å²) in [5.74, 6) is 0. The summed E-state index contributed by atoms with van der Waals surface area (Å²) in [4.78, 5) is 3.04. The molecule has 0 unspecified atom stereocenters. The van der Waals surface area contributed by atoms with E-state index in [2.05, 4.69) is 36.2 Å². The molecule has 2 aromatic rings. The Hall–Kier alpha value is -1.35. The summed E-state index contributed by atoms with van der Waals surface area (Å²) in [6.07, 6.45) is 2.99. The Bertz CT molecular complexity index is 505. The number of nitrogens with one attached hydrogen (secondary N) is 1. The minimum atomic E-state index is 0.747. The molecular formula is C12H14N2S. The van der Waals surface area contributed by atoms with Crippen LogP contribution in [0.1, 0.15) is 18.2 Å². The Kier molecular flexibility index (Phi) is 2.73. The first kappa shape index (κ1) is 10.2. The minimum Gasteiger partial charge on any atom is -0.337 e. The highest BCUT2D eigenvalue weighted by Gasteiger charge is 2.01. The molecular weight excluding hydrogens is 204 g/mol. The summed E-state index contributed by atoms with van der Waals surface area (Å²) in [5.41, 5.74) is 3.60. The van der Waals surface area contributed by atoms with Gasteiger partial charge < -0.3 is 4.98 Å². The molecule has 0 atom stereocenters. The van der Waals surface area contributed by atoms with Crippen LogP contribution < -0.4 is 0 Å². The lowest BCUT2D eigenvalue weighted by Crippen LogP contribution is -1.96. The van der Waals surface area contributed by atoms with E-state index in [0.717, 1.165) is 22.6 Å². The van der Waals surface area contributed by atoms with Gasteiger partial charge in [0.2, 0.25) is 0 Å². The molecule has 0 aliphatic rings. The molecule has 1 aromatic heterocycles. The molecule has 0 spiro atoms. The molecule has 2 nitrogen and oxygen atoms in total. The zero-order valence-electron chi connectivity index (χ0n) is 8.95. The molecule has 0 bridgehead atoms. The first-order valence-electron chi connectivity index (χ1n) is 5.08. The quantitative estimate of drug-likeness (QED) is 0.766. The van der Waals surface area contributed by atoms with Gasteiger partial charge in [0.15, 0.2) is 4.77 Å². The zero-order chi connectivity index (χ0) is 10.8. The standard InChI is InChI=1S/C12H14N2S/c1-3-10-4-6-11(7-5-10)14-9(2)8-13-12(14)15/h4-8H,3H2,1-2H3,(H,13,15). The molecule has 78 valence electrons. The second kappa shape index (κ2) is 4.03. The number of aromatic nitrogens is 2. The molecule has 0 saturated carbocycles. The average molecular weight is 218 g/mol. The van der Waals surface area contributed by atoms with Crippen molar-refractivity contribution in [3.63, 3.8) is 0 Å². The molecule has 3 heteroatoms. The Balaban J connectivity index is 2.50. The average Bonchev–Trinajstić information content (AvgIpc) is 2.59. The van der Waals surface area contributed by atoms with Crippen LogP contribution >= 0.6 is 12.2 Å². The highest BCUT2D eigenvalue weighted by atomic mass is 32.1. The van der Waals surface area contributed by atoms with E-state index in [1.165, 1.54) is 5.56 Å². The van der Waals surface area contributed by atoms with Crippen molar-refractivity contribution in [3.05, 3.63) is 46.5 Å². The normalized spacial score (nSPS) is 10.5. The highest BCUT2D eigenvalue weighted by Crippen LogP contribution is 2.13. The lowest BCUT2D eigenvalue weighted by molar-refractivity contribution is 0.981. The van der Waals surface area contributed by atoms with E-state index in [1.54, 1.807) is 0 Å². The Labute approximate surface area is 94.6 Å². The number of imidazole rings is 1. The molecule has 1 aromatic carbocycles. The summed E-state index contributed by atoms with van der Waals surface area (Å²) in [7, 11) is 0. The fourth-order valence-corrected chi connectivity index (χ4v) is 1.97. The van der Waals surface area contributed by atoms with Gasteiger partial charge in [-0.05, 0) is 43.3 Å². The monoisotopic (exact) mass is 218 g/mol. The maximum absolute atomic E-state index is 5.22. The van der Waals surface area contributed by atoms with Gasteiger partial charge in [0.25, 0.3) is 0 Å². The van der Waals surface area contributed by atoms with Crippen LogP contribution in [0.3, 0.4) is 0 Å². The van der Waals surface area contributed by atoms with Crippen molar-refractivity contribution in [1.29, 1.82) is 0 Å². The highest BCUT2D eigenvalue weighted by molar-refractivity contribution is 7.71. The summed E-state index contributed by atoms with van der Waals surface area (Å²) in [6, 6.07) is 8.50. The summed E-state index contributed by atoms with van der Waals surface area (Å²) in [6.45, 7) is 4.20. The number of aromatic amines is 1. The van der Waals surface area contributed by atoms with E-state index in [4.69, 9.17) is 12.2 Å². The minimum absolute atomic E-state index is 0.747. The second-order valence-corrected chi connectivity index (χ2v) is 3.98. The van der Waals surface area contributed by atoms with E-state index in [-0.39, 0.29) is 0 Å². The van der Waals surface area contributed by atoms with Gasteiger partial charge in [-0.15, -0.1) is 0 Å². The molecule has 1 heterocycles. The van der Waals surface area contributed by atoms with Crippen LogP contribution in [0.15, 0.2) is 30.5 Å². The van der Waals surface area contributed by atoms with Crippen molar-refractivity contribution >= 4 is 12.2 Å². The third-order valence-corrected chi connectivity index (χ3v) is 2.86. The Morgan fingerprint density at radius 1 is 1.27 bits per heavy atom. The van der Waals surface area contributed by atoms with Crippen LogP contribution in [-0.4, -0.2) is 9.55 Å². The molecule has 0 aliphatic heterocycles. The third-order valence-electron chi connectivity index (χ3n) is 2.56. The fourth-order valence-electron chi connectivity index (χ4n) is 1.66. The van der Waals surface area contributed by atoms with Gasteiger partial charge in [-0.25, -0.2) is 0 Å². The van der Waals surface area contributed by atoms with Crippen LogP contribution in [0.4, 0.5) is 0 Å². The van der Waals surface area contributed by atoms with Gasteiger partial charge in [0.1, 0.15) is 0 Å². The third kappa shape index (κ3) is 1.88. The SMILES string of the molecule is CCc1ccc(-n2c(C)c[nH]c2=S)cc1. The van der Waals surface area contributed by atoms with Crippen molar-refractivity contribution in [2.75, 3.05) is 0 Å². The van der Waals surface area contributed by atoms with Crippen molar-refractivity contribution < 1.29 is 0 Å². The lowest BCUT2D eigenvalue weighted by atomic mass is 10.1. The predicted octanol–water partition coefficient (Wildman–Crippen LogP) is 3.41. The lowest BCUT2D eigenvalue weighted by Gasteiger charge is -2.05. The van der Waals surface area contributed by atoms with Crippen molar-refractivity contribution in [2.45, 2.75) is 20.3 Å². The van der Waals surface area contributed by atoms with Crippen LogP contribution in [0, 0.1) is 11.7 Å². The summed E-state index contributed by atoms with van der Waals surface area (Å²) in [5, 5.41) is 0. The number of hydrogen-bond donors (Lipinski definition) is 1. The topological polar surface area (TPSA) is 20.7 Å². The number of hydrogen-bond acceptors (Lipinski definition) is 1.